The Balaban J connectivity index is 1.82. The van der Waals surface area contributed by atoms with E-state index in [2.05, 4.69) is 16.6 Å². The molecule has 2 aromatic carbocycles. The summed E-state index contributed by atoms with van der Waals surface area (Å²) in [5.74, 6) is 5.03. The number of aryl methyl sites for hydroxylation is 1. The van der Waals surface area contributed by atoms with Crippen LogP contribution in [-0.2, 0) is 15.8 Å². The number of hydrogen-bond donors (Lipinski definition) is 2. The van der Waals surface area contributed by atoms with Gasteiger partial charge in [-0.3, -0.25) is 4.79 Å². The van der Waals surface area contributed by atoms with E-state index in [4.69, 9.17) is 10.5 Å². The Labute approximate surface area is 153 Å². The van der Waals surface area contributed by atoms with Gasteiger partial charge in [-0.2, -0.15) is 0 Å². The zero-order chi connectivity index (χ0) is 19.0. The standard InChI is InChI=1S/C19H20N2O4S/c1-15-7-6-8-16(13-15)14-26(23,24)21-11-4-5-12-25-18-10-3-2-9-17(18)19(20)22/h2-3,6-10,13,21H,11-12,14H2,1H3,(H2,20,22). The molecule has 0 aliphatic heterocycles. The van der Waals surface area contributed by atoms with Crippen LogP contribution in [0, 0.1) is 18.8 Å². The van der Waals surface area contributed by atoms with Gasteiger partial charge in [0.05, 0.1) is 17.9 Å². The van der Waals surface area contributed by atoms with Crippen LogP contribution in [0.3, 0.4) is 0 Å². The molecule has 0 aliphatic carbocycles. The number of primary amides is 1. The molecule has 0 aromatic heterocycles. The van der Waals surface area contributed by atoms with Crippen LogP contribution in [0.4, 0.5) is 0 Å². The van der Waals surface area contributed by atoms with E-state index in [-0.39, 0.29) is 24.5 Å². The van der Waals surface area contributed by atoms with Gasteiger partial charge in [-0.1, -0.05) is 53.8 Å². The highest BCUT2D eigenvalue weighted by Gasteiger charge is 2.10. The number of hydrogen-bond acceptors (Lipinski definition) is 4. The average molecular weight is 372 g/mol. The minimum atomic E-state index is -3.46. The van der Waals surface area contributed by atoms with Crippen LogP contribution in [0.5, 0.6) is 5.75 Å². The normalized spacial score (nSPS) is 10.7. The molecule has 0 bridgehead atoms. The van der Waals surface area contributed by atoms with Crippen molar-refractivity contribution in [1.29, 1.82) is 0 Å². The van der Waals surface area contributed by atoms with Crippen LogP contribution in [0.2, 0.25) is 0 Å². The molecule has 0 saturated heterocycles. The lowest BCUT2D eigenvalue weighted by atomic mass is 10.2. The summed E-state index contributed by atoms with van der Waals surface area (Å²) in [4.78, 5) is 11.3. The van der Waals surface area contributed by atoms with Gasteiger partial charge in [0, 0.05) is 0 Å². The van der Waals surface area contributed by atoms with E-state index in [0.717, 1.165) is 11.1 Å². The van der Waals surface area contributed by atoms with E-state index in [1.54, 1.807) is 30.3 Å². The fraction of sp³-hybridized carbons (Fsp3) is 0.211. The molecule has 0 saturated carbocycles. The molecular formula is C19H20N2O4S. The van der Waals surface area contributed by atoms with Gasteiger partial charge in [-0.15, -0.1) is 0 Å². The molecule has 0 unspecified atom stereocenters. The number of sulfonamides is 1. The Morgan fingerprint density at radius 2 is 1.92 bits per heavy atom. The van der Waals surface area contributed by atoms with Crippen molar-refractivity contribution in [3.8, 4) is 17.6 Å². The monoisotopic (exact) mass is 372 g/mol. The lowest BCUT2D eigenvalue weighted by Crippen LogP contribution is -2.25. The summed E-state index contributed by atoms with van der Waals surface area (Å²) in [5, 5.41) is 0. The second-order valence-corrected chi connectivity index (χ2v) is 7.38. The Hall–Kier alpha value is -2.82. The highest BCUT2D eigenvalue weighted by molar-refractivity contribution is 7.88. The SMILES string of the molecule is Cc1cccc(CS(=O)(=O)NCC#CCOc2ccccc2C(N)=O)c1. The highest BCUT2D eigenvalue weighted by atomic mass is 32.2. The van der Waals surface area contributed by atoms with Gasteiger partial charge in [-0.05, 0) is 24.6 Å². The maximum Gasteiger partial charge on any atom is 0.252 e. The summed E-state index contributed by atoms with van der Waals surface area (Å²) < 4.78 is 31.9. The van der Waals surface area contributed by atoms with Crippen LogP contribution < -0.4 is 15.2 Å². The number of nitrogens with one attached hydrogen (secondary N) is 1. The molecule has 0 fully saturated rings. The number of ether oxygens (including phenoxy) is 1. The third kappa shape index (κ3) is 6.24. The van der Waals surface area contributed by atoms with Gasteiger partial charge in [0.15, 0.2) is 0 Å². The van der Waals surface area contributed by atoms with Crippen molar-refractivity contribution in [2.24, 2.45) is 5.73 Å². The predicted octanol–water partition coefficient (Wildman–Crippen LogP) is 1.60. The Morgan fingerprint density at radius 3 is 2.65 bits per heavy atom. The molecule has 26 heavy (non-hydrogen) atoms. The van der Waals surface area contributed by atoms with Crippen LogP contribution in [0.15, 0.2) is 48.5 Å². The summed E-state index contributed by atoms with van der Waals surface area (Å²) in [6.07, 6.45) is 0. The second kappa shape index (κ2) is 9.04. The number of nitrogens with two attached hydrogens (primary N) is 1. The Morgan fingerprint density at radius 1 is 1.15 bits per heavy atom. The van der Waals surface area contributed by atoms with Crippen LogP contribution in [0.25, 0.3) is 0 Å². The van der Waals surface area contributed by atoms with Gasteiger partial charge in [-0.25, -0.2) is 13.1 Å². The van der Waals surface area contributed by atoms with Crippen molar-refractivity contribution in [2.75, 3.05) is 13.2 Å². The first-order chi connectivity index (χ1) is 12.4. The first-order valence-corrected chi connectivity index (χ1v) is 9.53. The highest BCUT2D eigenvalue weighted by Crippen LogP contribution is 2.16. The van der Waals surface area contributed by atoms with E-state index < -0.39 is 15.9 Å². The van der Waals surface area contributed by atoms with E-state index in [1.807, 2.05) is 25.1 Å². The van der Waals surface area contributed by atoms with Crippen molar-refractivity contribution in [1.82, 2.24) is 4.72 Å². The van der Waals surface area contributed by atoms with Crippen molar-refractivity contribution in [3.63, 3.8) is 0 Å². The predicted molar refractivity (Wildman–Crippen MR) is 100 cm³/mol. The lowest BCUT2D eigenvalue weighted by molar-refractivity contribution is 0.0997. The van der Waals surface area contributed by atoms with Crippen molar-refractivity contribution < 1.29 is 17.9 Å². The molecule has 0 spiro atoms. The number of benzene rings is 2. The quantitative estimate of drug-likeness (QED) is 0.721. The molecule has 2 aromatic rings. The molecular weight excluding hydrogens is 352 g/mol. The van der Waals surface area contributed by atoms with E-state index in [9.17, 15) is 13.2 Å². The molecule has 0 heterocycles. The number of carbonyl (C=O) groups is 1. The molecule has 6 nitrogen and oxygen atoms in total. The van der Waals surface area contributed by atoms with Gasteiger partial charge in [0.25, 0.3) is 5.91 Å². The summed E-state index contributed by atoms with van der Waals surface area (Å²) in [5.41, 5.74) is 7.25. The minimum absolute atomic E-state index is 0.0178. The number of amides is 1. The molecule has 7 heteroatoms. The fourth-order valence-corrected chi connectivity index (χ4v) is 3.25. The molecule has 136 valence electrons. The first-order valence-electron chi connectivity index (χ1n) is 7.87. The van der Waals surface area contributed by atoms with Gasteiger partial charge < -0.3 is 10.5 Å². The second-order valence-electron chi connectivity index (χ2n) is 5.57. The van der Waals surface area contributed by atoms with Crippen molar-refractivity contribution in [3.05, 3.63) is 65.2 Å². The fourth-order valence-electron chi connectivity index (χ4n) is 2.24. The van der Waals surface area contributed by atoms with Crippen LogP contribution in [-0.4, -0.2) is 27.5 Å². The first kappa shape index (κ1) is 19.5. The van der Waals surface area contributed by atoms with Gasteiger partial charge >= 0.3 is 0 Å². The minimum Gasteiger partial charge on any atom is -0.480 e. The topological polar surface area (TPSA) is 98.5 Å². The Kier molecular flexibility index (Phi) is 6.78. The molecule has 0 atom stereocenters. The zero-order valence-corrected chi connectivity index (χ0v) is 15.2. The average Bonchev–Trinajstić information content (AvgIpc) is 2.57. The molecule has 2 rings (SSSR count). The van der Waals surface area contributed by atoms with E-state index in [0.29, 0.717) is 5.75 Å². The Bertz CT molecular complexity index is 943. The molecule has 3 N–H and O–H groups in total. The zero-order valence-electron chi connectivity index (χ0n) is 14.4. The maximum absolute atomic E-state index is 12.0. The maximum atomic E-state index is 12.0. The van der Waals surface area contributed by atoms with Crippen molar-refractivity contribution >= 4 is 15.9 Å². The van der Waals surface area contributed by atoms with E-state index in [1.165, 1.54) is 0 Å². The van der Waals surface area contributed by atoms with Crippen LogP contribution in [0.1, 0.15) is 21.5 Å². The number of para-hydroxylation sites is 1. The van der Waals surface area contributed by atoms with E-state index >= 15 is 0 Å². The smallest absolute Gasteiger partial charge is 0.252 e. The summed E-state index contributed by atoms with van der Waals surface area (Å²) in [6, 6.07) is 13.9. The summed E-state index contributed by atoms with van der Waals surface area (Å²) in [7, 11) is -3.46. The molecule has 1 amide bonds. The van der Waals surface area contributed by atoms with Crippen LogP contribution >= 0.6 is 0 Å². The molecule has 0 aliphatic rings. The van der Waals surface area contributed by atoms with Crippen molar-refractivity contribution in [2.45, 2.75) is 12.7 Å². The lowest BCUT2D eigenvalue weighted by Gasteiger charge is -2.06. The van der Waals surface area contributed by atoms with Gasteiger partial charge in [0.1, 0.15) is 12.4 Å². The largest absolute Gasteiger partial charge is 0.480 e. The third-order valence-corrected chi connectivity index (χ3v) is 4.69. The van der Waals surface area contributed by atoms with Gasteiger partial charge in [0.2, 0.25) is 10.0 Å². The molecule has 0 radical (unpaired) electrons. The third-order valence-electron chi connectivity index (χ3n) is 3.40. The summed E-state index contributed by atoms with van der Waals surface area (Å²) in [6.45, 7) is 1.91. The number of carbonyl (C=O) groups excluding carboxylic acids is 1. The summed E-state index contributed by atoms with van der Waals surface area (Å²) >= 11 is 0. The number of rotatable bonds is 7.